The van der Waals surface area contributed by atoms with Crippen LogP contribution in [0.25, 0.3) is 0 Å². The first-order chi connectivity index (χ1) is 8.77. The average molecular weight is 254 g/mol. The van der Waals surface area contributed by atoms with Gasteiger partial charge in [0.2, 0.25) is 5.91 Å². The van der Waals surface area contributed by atoms with Gasteiger partial charge >= 0.3 is 0 Å². The molecule has 0 bridgehead atoms. The van der Waals surface area contributed by atoms with Gasteiger partial charge in [-0.1, -0.05) is 26.7 Å². The van der Waals surface area contributed by atoms with Crippen LogP contribution in [-0.2, 0) is 4.79 Å². The molecule has 0 aromatic carbocycles. The molecule has 18 heavy (non-hydrogen) atoms. The van der Waals surface area contributed by atoms with Gasteiger partial charge in [-0.3, -0.25) is 4.79 Å². The van der Waals surface area contributed by atoms with E-state index in [0.717, 1.165) is 32.7 Å². The van der Waals surface area contributed by atoms with Crippen molar-refractivity contribution in [3.8, 4) is 0 Å². The maximum absolute atomic E-state index is 12.2. The molecule has 1 amide bonds. The molecule has 1 aliphatic rings. The fraction of sp³-hybridized carbons (Fsp3) is 0.933. The van der Waals surface area contributed by atoms with Gasteiger partial charge in [-0.25, -0.2) is 0 Å². The Morgan fingerprint density at radius 2 is 1.50 bits per heavy atom. The standard InChI is InChI=1S/C15H30N2O/c1-3-10-16(11-4-2)14-9-15(18)17-12-7-5-6-8-13-17/h3-14H2,1-2H3. The van der Waals surface area contributed by atoms with Crippen molar-refractivity contribution in [1.29, 1.82) is 0 Å². The van der Waals surface area contributed by atoms with Gasteiger partial charge in [-0.2, -0.15) is 0 Å². The van der Waals surface area contributed by atoms with Crippen LogP contribution >= 0.6 is 0 Å². The number of rotatable bonds is 7. The first-order valence-corrected chi connectivity index (χ1v) is 7.78. The Balaban J connectivity index is 2.28. The number of amides is 1. The molecule has 106 valence electrons. The second-order valence-corrected chi connectivity index (χ2v) is 5.39. The van der Waals surface area contributed by atoms with Crippen molar-refractivity contribution < 1.29 is 4.79 Å². The van der Waals surface area contributed by atoms with Crippen LogP contribution in [0.3, 0.4) is 0 Å². The van der Waals surface area contributed by atoms with Crippen LogP contribution in [0.15, 0.2) is 0 Å². The van der Waals surface area contributed by atoms with Gasteiger partial charge in [0.1, 0.15) is 0 Å². The third-order valence-corrected chi connectivity index (χ3v) is 3.68. The topological polar surface area (TPSA) is 23.6 Å². The number of likely N-dealkylation sites (tertiary alicyclic amines) is 1. The predicted molar refractivity (Wildman–Crippen MR) is 76.7 cm³/mol. The molecule has 0 radical (unpaired) electrons. The molecule has 0 spiro atoms. The fourth-order valence-corrected chi connectivity index (χ4v) is 2.70. The summed E-state index contributed by atoms with van der Waals surface area (Å²) in [5.74, 6) is 0.370. The minimum atomic E-state index is 0.370. The largest absolute Gasteiger partial charge is 0.343 e. The molecule has 3 nitrogen and oxygen atoms in total. The fourth-order valence-electron chi connectivity index (χ4n) is 2.70. The zero-order chi connectivity index (χ0) is 13.2. The van der Waals surface area contributed by atoms with Gasteiger partial charge in [0, 0.05) is 26.1 Å². The van der Waals surface area contributed by atoms with Gasteiger partial charge in [-0.05, 0) is 38.8 Å². The minimum Gasteiger partial charge on any atom is -0.343 e. The Morgan fingerprint density at radius 3 is 2.00 bits per heavy atom. The van der Waals surface area contributed by atoms with E-state index < -0.39 is 0 Å². The average Bonchev–Trinajstić information content (AvgIpc) is 2.65. The normalized spacial score (nSPS) is 16.9. The zero-order valence-electron chi connectivity index (χ0n) is 12.3. The van der Waals surface area contributed by atoms with Crippen LogP contribution in [0.2, 0.25) is 0 Å². The Bertz CT molecular complexity index is 217. The van der Waals surface area contributed by atoms with Crippen molar-refractivity contribution in [3.63, 3.8) is 0 Å². The third kappa shape index (κ3) is 5.85. The summed E-state index contributed by atoms with van der Waals surface area (Å²) in [7, 11) is 0. The molecule has 0 atom stereocenters. The van der Waals surface area contributed by atoms with Gasteiger partial charge in [0.25, 0.3) is 0 Å². The smallest absolute Gasteiger partial charge is 0.223 e. The SMILES string of the molecule is CCCN(CCC)CCC(=O)N1CCCCCC1. The lowest BCUT2D eigenvalue weighted by molar-refractivity contribution is -0.131. The first kappa shape index (κ1) is 15.5. The summed E-state index contributed by atoms with van der Waals surface area (Å²) in [5.41, 5.74) is 0. The maximum atomic E-state index is 12.2. The molecule has 1 heterocycles. The predicted octanol–water partition coefficient (Wildman–Crippen LogP) is 2.90. The maximum Gasteiger partial charge on any atom is 0.223 e. The highest BCUT2D eigenvalue weighted by atomic mass is 16.2. The molecule has 0 aliphatic carbocycles. The van der Waals surface area contributed by atoms with E-state index in [1.807, 2.05) is 0 Å². The monoisotopic (exact) mass is 254 g/mol. The van der Waals surface area contributed by atoms with Gasteiger partial charge in [0.05, 0.1) is 0 Å². The molecule has 0 aromatic heterocycles. The van der Waals surface area contributed by atoms with E-state index in [1.165, 1.54) is 38.5 Å². The molecule has 0 N–H and O–H groups in total. The van der Waals surface area contributed by atoms with Crippen molar-refractivity contribution in [2.75, 3.05) is 32.7 Å². The molecule has 3 heteroatoms. The minimum absolute atomic E-state index is 0.370. The number of carbonyl (C=O) groups excluding carboxylic acids is 1. The Labute approximate surface area is 113 Å². The van der Waals surface area contributed by atoms with E-state index >= 15 is 0 Å². The highest BCUT2D eigenvalue weighted by Crippen LogP contribution is 2.11. The summed E-state index contributed by atoms with van der Waals surface area (Å²) >= 11 is 0. The Kier molecular flexibility index (Phi) is 8.06. The summed E-state index contributed by atoms with van der Waals surface area (Å²) in [5, 5.41) is 0. The molecule has 1 rings (SSSR count). The Morgan fingerprint density at radius 1 is 0.944 bits per heavy atom. The summed E-state index contributed by atoms with van der Waals surface area (Å²) in [6, 6.07) is 0. The first-order valence-electron chi connectivity index (χ1n) is 7.78. The van der Waals surface area contributed by atoms with E-state index in [9.17, 15) is 4.79 Å². The van der Waals surface area contributed by atoms with Crippen LogP contribution in [0, 0.1) is 0 Å². The lowest BCUT2D eigenvalue weighted by Gasteiger charge is -2.24. The van der Waals surface area contributed by atoms with Gasteiger partial charge in [0.15, 0.2) is 0 Å². The molecule has 1 saturated heterocycles. The lowest BCUT2D eigenvalue weighted by atomic mass is 10.2. The molecular weight excluding hydrogens is 224 g/mol. The third-order valence-electron chi connectivity index (χ3n) is 3.68. The molecule has 1 fully saturated rings. The Hall–Kier alpha value is -0.570. The van der Waals surface area contributed by atoms with E-state index in [1.54, 1.807) is 0 Å². The highest BCUT2D eigenvalue weighted by Gasteiger charge is 2.16. The summed E-state index contributed by atoms with van der Waals surface area (Å²) in [4.78, 5) is 16.7. The molecule has 0 unspecified atom stereocenters. The number of hydrogen-bond donors (Lipinski definition) is 0. The van der Waals surface area contributed by atoms with Crippen LogP contribution in [-0.4, -0.2) is 48.4 Å². The lowest BCUT2D eigenvalue weighted by Crippen LogP contribution is -2.35. The quantitative estimate of drug-likeness (QED) is 0.697. The second kappa shape index (κ2) is 9.37. The number of nitrogens with zero attached hydrogens (tertiary/aromatic N) is 2. The zero-order valence-corrected chi connectivity index (χ0v) is 12.3. The summed E-state index contributed by atoms with van der Waals surface area (Å²) in [6.45, 7) is 9.58. The molecule has 0 saturated carbocycles. The van der Waals surface area contributed by atoms with Crippen molar-refractivity contribution in [2.45, 2.75) is 58.8 Å². The van der Waals surface area contributed by atoms with E-state index in [2.05, 4.69) is 23.6 Å². The number of carbonyl (C=O) groups is 1. The number of hydrogen-bond acceptors (Lipinski definition) is 2. The summed E-state index contributed by atoms with van der Waals surface area (Å²) < 4.78 is 0. The molecular formula is C15H30N2O. The van der Waals surface area contributed by atoms with Crippen LogP contribution < -0.4 is 0 Å². The van der Waals surface area contributed by atoms with E-state index in [0.29, 0.717) is 12.3 Å². The highest BCUT2D eigenvalue weighted by molar-refractivity contribution is 5.76. The molecule has 0 aromatic rings. The van der Waals surface area contributed by atoms with Crippen molar-refractivity contribution in [3.05, 3.63) is 0 Å². The van der Waals surface area contributed by atoms with Crippen LogP contribution in [0.4, 0.5) is 0 Å². The van der Waals surface area contributed by atoms with Crippen LogP contribution in [0.5, 0.6) is 0 Å². The van der Waals surface area contributed by atoms with Crippen molar-refractivity contribution >= 4 is 5.91 Å². The van der Waals surface area contributed by atoms with E-state index in [-0.39, 0.29) is 0 Å². The van der Waals surface area contributed by atoms with Gasteiger partial charge < -0.3 is 9.80 Å². The second-order valence-electron chi connectivity index (χ2n) is 5.39. The van der Waals surface area contributed by atoms with Crippen molar-refractivity contribution in [1.82, 2.24) is 9.80 Å². The molecule has 1 aliphatic heterocycles. The van der Waals surface area contributed by atoms with Gasteiger partial charge in [-0.15, -0.1) is 0 Å². The van der Waals surface area contributed by atoms with Crippen molar-refractivity contribution in [2.24, 2.45) is 0 Å². The van der Waals surface area contributed by atoms with E-state index in [4.69, 9.17) is 0 Å². The summed E-state index contributed by atoms with van der Waals surface area (Å²) in [6.07, 6.45) is 8.04. The van der Waals surface area contributed by atoms with Crippen LogP contribution in [0.1, 0.15) is 58.8 Å².